The van der Waals surface area contributed by atoms with E-state index in [9.17, 15) is 4.79 Å². The third kappa shape index (κ3) is 4.42. The molecule has 5 heteroatoms. The Morgan fingerprint density at radius 2 is 1.88 bits per heavy atom. The predicted octanol–water partition coefficient (Wildman–Crippen LogP) is 3.40. The minimum Gasteiger partial charge on any atom is -0.490 e. The number of ether oxygens (including phenoxy) is 2. The molecule has 126 valence electrons. The summed E-state index contributed by atoms with van der Waals surface area (Å²) in [6.07, 6.45) is 1.92. The molecule has 2 aromatic carbocycles. The van der Waals surface area contributed by atoms with Gasteiger partial charge in [0.25, 0.3) is 0 Å². The van der Waals surface area contributed by atoms with Gasteiger partial charge in [-0.25, -0.2) is 0 Å². The quantitative estimate of drug-likeness (QED) is 0.903. The van der Waals surface area contributed by atoms with Crippen molar-refractivity contribution in [1.82, 2.24) is 5.32 Å². The zero-order chi connectivity index (χ0) is 16.8. The Balaban J connectivity index is 1.50. The van der Waals surface area contributed by atoms with Gasteiger partial charge in [0.1, 0.15) is 0 Å². The standard InChI is InChI=1S/C19H20ClNO3/c20-16-5-2-1-4-15(16)13-19(22)21-9-8-14-6-7-17-18(12-14)24-11-3-10-23-17/h1-2,4-7,12H,3,8-11,13H2,(H,21,22). The first-order valence-electron chi connectivity index (χ1n) is 8.11. The second kappa shape index (κ2) is 8.06. The molecule has 0 aromatic heterocycles. The van der Waals surface area contributed by atoms with Crippen molar-refractivity contribution in [2.24, 2.45) is 0 Å². The van der Waals surface area contributed by atoms with Crippen molar-refractivity contribution in [2.75, 3.05) is 19.8 Å². The highest BCUT2D eigenvalue weighted by molar-refractivity contribution is 6.31. The van der Waals surface area contributed by atoms with E-state index in [1.165, 1.54) is 0 Å². The van der Waals surface area contributed by atoms with Crippen molar-refractivity contribution in [2.45, 2.75) is 19.3 Å². The molecule has 2 aromatic rings. The van der Waals surface area contributed by atoms with Gasteiger partial charge in [0, 0.05) is 18.0 Å². The Hall–Kier alpha value is -2.20. The Kier molecular flexibility index (Phi) is 5.59. The fraction of sp³-hybridized carbons (Fsp3) is 0.316. The molecule has 1 N–H and O–H groups in total. The molecule has 0 fully saturated rings. The molecule has 24 heavy (non-hydrogen) atoms. The van der Waals surface area contributed by atoms with Crippen LogP contribution in [0.4, 0.5) is 0 Å². The van der Waals surface area contributed by atoms with Gasteiger partial charge in [-0.15, -0.1) is 0 Å². The minimum absolute atomic E-state index is 0.0301. The molecule has 1 aliphatic heterocycles. The SMILES string of the molecule is O=C(Cc1ccccc1Cl)NCCc1ccc2c(c1)OCCCO2. The van der Waals surface area contributed by atoms with Crippen molar-refractivity contribution < 1.29 is 14.3 Å². The average molecular weight is 346 g/mol. The first kappa shape index (κ1) is 16.7. The summed E-state index contributed by atoms with van der Waals surface area (Å²) < 4.78 is 11.3. The van der Waals surface area contributed by atoms with E-state index in [-0.39, 0.29) is 5.91 Å². The summed E-state index contributed by atoms with van der Waals surface area (Å²) in [5.74, 6) is 1.55. The maximum absolute atomic E-state index is 12.0. The van der Waals surface area contributed by atoms with E-state index >= 15 is 0 Å². The molecule has 0 unspecified atom stereocenters. The normalized spacial score (nSPS) is 13.2. The monoisotopic (exact) mass is 345 g/mol. The Morgan fingerprint density at radius 1 is 1.08 bits per heavy atom. The topological polar surface area (TPSA) is 47.6 Å². The number of halogens is 1. The molecular weight excluding hydrogens is 326 g/mol. The highest BCUT2D eigenvalue weighted by atomic mass is 35.5. The lowest BCUT2D eigenvalue weighted by Gasteiger charge is -2.10. The predicted molar refractivity (Wildman–Crippen MR) is 93.9 cm³/mol. The lowest BCUT2D eigenvalue weighted by molar-refractivity contribution is -0.120. The van der Waals surface area contributed by atoms with Crippen LogP contribution in [-0.4, -0.2) is 25.7 Å². The van der Waals surface area contributed by atoms with Gasteiger partial charge in [-0.3, -0.25) is 4.79 Å². The van der Waals surface area contributed by atoms with Crippen LogP contribution >= 0.6 is 11.6 Å². The summed E-state index contributed by atoms with van der Waals surface area (Å²) in [6.45, 7) is 1.93. The number of nitrogens with one attached hydrogen (secondary N) is 1. The molecule has 0 saturated heterocycles. The van der Waals surface area contributed by atoms with Crippen LogP contribution < -0.4 is 14.8 Å². The number of rotatable bonds is 5. The molecule has 0 spiro atoms. The van der Waals surface area contributed by atoms with Gasteiger partial charge in [-0.2, -0.15) is 0 Å². The van der Waals surface area contributed by atoms with Crippen LogP contribution in [0.2, 0.25) is 5.02 Å². The number of fused-ring (bicyclic) bond motifs is 1. The lowest BCUT2D eigenvalue weighted by atomic mass is 10.1. The van der Waals surface area contributed by atoms with Gasteiger partial charge in [0.05, 0.1) is 19.6 Å². The van der Waals surface area contributed by atoms with Crippen LogP contribution in [0.1, 0.15) is 17.5 Å². The van der Waals surface area contributed by atoms with E-state index in [2.05, 4.69) is 5.32 Å². The van der Waals surface area contributed by atoms with Crippen LogP contribution in [0.15, 0.2) is 42.5 Å². The number of amides is 1. The van der Waals surface area contributed by atoms with Crippen LogP contribution in [0.3, 0.4) is 0 Å². The number of hydrogen-bond acceptors (Lipinski definition) is 3. The first-order valence-corrected chi connectivity index (χ1v) is 8.49. The average Bonchev–Trinajstić information content (AvgIpc) is 2.82. The highest BCUT2D eigenvalue weighted by Crippen LogP contribution is 2.30. The Bertz CT molecular complexity index is 718. The second-order valence-electron chi connectivity index (χ2n) is 5.70. The minimum atomic E-state index is -0.0301. The summed E-state index contributed by atoms with van der Waals surface area (Å²) in [7, 11) is 0. The first-order chi connectivity index (χ1) is 11.7. The Morgan fingerprint density at radius 3 is 2.71 bits per heavy atom. The van der Waals surface area contributed by atoms with Gasteiger partial charge in [-0.1, -0.05) is 35.9 Å². The molecule has 0 saturated carbocycles. The number of benzene rings is 2. The van der Waals surface area contributed by atoms with E-state index in [4.69, 9.17) is 21.1 Å². The number of hydrogen-bond donors (Lipinski definition) is 1. The van der Waals surface area contributed by atoms with Gasteiger partial charge in [0.2, 0.25) is 5.91 Å². The van der Waals surface area contributed by atoms with Gasteiger partial charge in [0.15, 0.2) is 11.5 Å². The van der Waals surface area contributed by atoms with Crippen molar-refractivity contribution in [3.05, 3.63) is 58.6 Å². The molecule has 0 aliphatic carbocycles. The van der Waals surface area contributed by atoms with Crippen molar-refractivity contribution >= 4 is 17.5 Å². The zero-order valence-corrected chi connectivity index (χ0v) is 14.1. The molecular formula is C19H20ClNO3. The van der Waals surface area contributed by atoms with Crippen LogP contribution in [0.5, 0.6) is 11.5 Å². The zero-order valence-electron chi connectivity index (χ0n) is 13.4. The van der Waals surface area contributed by atoms with Gasteiger partial charge in [-0.05, 0) is 35.7 Å². The van der Waals surface area contributed by atoms with E-state index in [1.54, 1.807) is 6.07 Å². The van der Waals surface area contributed by atoms with Crippen molar-refractivity contribution in [3.63, 3.8) is 0 Å². The molecule has 4 nitrogen and oxygen atoms in total. The molecule has 0 radical (unpaired) electrons. The summed E-state index contributed by atoms with van der Waals surface area (Å²) in [6, 6.07) is 13.3. The fourth-order valence-corrected chi connectivity index (χ4v) is 2.79. The summed E-state index contributed by atoms with van der Waals surface area (Å²) in [5.41, 5.74) is 1.95. The summed E-state index contributed by atoms with van der Waals surface area (Å²) in [5, 5.41) is 3.55. The molecule has 1 aliphatic rings. The molecule has 0 atom stereocenters. The largest absolute Gasteiger partial charge is 0.490 e. The summed E-state index contributed by atoms with van der Waals surface area (Å²) in [4.78, 5) is 12.0. The van der Waals surface area contributed by atoms with E-state index in [0.29, 0.717) is 31.2 Å². The fourth-order valence-electron chi connectivity index (χ4n) is 2.59. The molecule has 0 bridgehead atoms. The highest BCUT2D eigenvalue weighted by Gasteiger charge is 2.11. The maximum atomic E-state index is 12.0. The smallest absolute Gasteiger partial charge is 0.224 e. The van der Waals surface area contributed by atoms with Crippen molar-refractivity contribution in [3.8, 4) is 11.5 Å². The van der Waals surface area contributed by atoms with E-state index in [1.807, 2.05) is 36.4 Å². The van der Waals surface area contributed by atoms with E-state index < -0.39 is 0 Å². The van der Waals surface area contributed by atoms with Crippen LogP contribution in [0, 0.1) is 0 Å². The Labute approximate surface area is 146 Å². The van der Waals surface area contributed by atoms with Crippen LogP contribution in [-0.2, 0) is 17.6 Å². The summed E-state index contributed by atoms with van der Waals surface area (Å²) >= 11 is 6.07. The second-order valence-corrected chi connectivity index (χ2v) is 6.11. The third-order valence-corrected chi connectivity index (χ3v) is 4.23. The molecule has 1 amide bonds. The van der Waals surface area contributed by atoms with Crippen molar-refractivity contribution in [1.29, 1.82) is 0 Å². The lowest BCUT2D eigenvalue weighted by Crippen LogP contribution is -2.27. The molecule has 3 rings (SSSR count). The van der Waals surface area contributed by atoms with Gasteiger partial charge >= 0.3 is 0 Å². The van der Waals surface area contributed by atoms with Gasteiger partial charge < -0.3 is 14.8 Å². The number of carbonyl (C=O) groups excluding carboxylic acids is 1. The maximum Gasteiger partial charge on any atom is 0.224 e. The number of carbonyl (C=O) groups is 1. The third-order valence-electron chi connectivity index (χ3n) is 3.86. The van der Waals surface area contributed by atoms with E-state index in [0.717, 1.165) is 35.5 Å². The molecule has 1 heterocycles. The van der Waals surface area contributed by atoms with Crippen LogP contribution in [0.25, 0.3) is 0 Å².